The lowest BCUT2D eigenvalue weighted by molar-refractivity contribution is -0.136. The minimum atomic E-state index is -0.228. The number of allylic oxidation sites excluding steroid dienone is 1. The molecule has 0 fully saturated rings. The van der Waals surface area contributed by atoms with Gasteiger partial charge in [-0.3, -0.25) is 5.10 Å². The number of esters is 1. The first-order valence-electron chi connectivity index (χ1n) is 7.21. The molecular weight excluding hydrogens is 264 g/mol. The number of nitrogens with zero attached hydrogens (tertiary/aromatic N) is 1. The fourth-order valence-electron chi connectivity index (χ4n) is 2.78. The number of methoxy groups -OCH3 is 1. The van der Waals surface area contributed by atoms with Crippen LogP contribution in [0.4, 0.5) is 0 Å². The van der Waals surface area contributed by atoms with Crippen molar-refractivity contribution in [1.82, 2.24) is 10.2 Å². The fourth-order valence-corrected chi connectivity index (χ4v) is 2.78. The Morgan fingerprint density at radius 2 is 1.95 bits per heavy atom. The third kappa shape index (κ3) is 2.75. The van der Waals surface area contributed by atoms with Crippen molar-refractivity contribution >= 4 is 11.5 Å². The van der Waals surface area contributed by atoms with Gasteiger partial charge in [-0.1, -0.05) is 30.3 Å². The van der Waals surface area contributed by atoms with Crippen LogP contribution in [-0.2, 0) is 9.53 Å². The molecule has 108 valence electrons. The number of aromatic amines is 1. The zero-order valence-electron chi connectivity index (χ0n) is 12.1. The second-order valence-corrected chi connectivity index (χ2v) is 5.19. The van der Waals surface area contributed by atoms with Gasteiger partial charge in [0.2, 0.25) is 0 Å². The second kappa shape index (κ2) is 5.95. The number of rotatable bonds is 3. The molecule has 4 nitrogen and oxygen atoms in total. The Balaban J connectivity index is 1.98. The van der Waals surface area contributed by atoms with E-state index in [-0.39, 0.29) is 5.97 Å². The van der Waals surface area contributed by atoms with Crippen LogP contribution in [0, 0.1) is 0 Å². The van der Waals surface area contributed by atoms with Gasteiger partial charge >= 0.3 is 5.97 Å². The molecule has 0 spiro atoms. The van der Waals surface area contributed by atoms with E-state index in [0.717, 1.165) is 53.8 Å². The number of aromatic nitrogens is 2. The number of carbonyl (C=O) groups is 1. The molecule has 21 heavy (non-hydrogen) atoms. The van der Waals surface area contributed by atoms with E-state index >= 15 is 0 Å². The molecule has 1 aromatic heterocycles. The van der Waals surface area contributed by atoms with Crippen molar-refractivity contribution < 1.29 is 9.53 Å². The van der Waals surface area contributed by atoms with Gasteiger partial charge in [-0.25, -0.2) is 4.79 Å². The smallest absolute Gasteiger partial charge is 0.334 e. The minimum Gasteiger partial charge on any atom is -0.466 e. The van der Waals surface area contributed by atoms with E-state index in [1.807, 2.05) is 36.4 Å². The molecule has 1 N–H and O–H groups in total. The molecule has 1 aliphatic rings. The minimum absolute atomic E-state index is 0.228. The Morgan fingerprint density at radius 1 is 1.19 bits per heavy atom. The quantitative estimate of drug-likeness (QED) is 0.875. The van der Waals surface area contributed by atoms with Crippen molar-refractivity contribution in [3.63, 3.8) is 0 Å². The molecule has 0 bridgehead atoms. The average molecular weight is 282 g/mol. The number of carbonyl (C=O) groups excluding carboxylic acids is 1. The summed E-state index contributed by atoms with van der Waals surface area (Å²) in [5.41, 5.74) is 4.70. The number of nitrogens with one attached hydrogen (secondary N) is 1. The monoisotopic (exact) mass is 282 g/mol. The van der Waals surface area contributed by atoms with Crippen LogP contribution < -0.4 is 0 Å². The lowest BCUT2D eigenvalue weighted by Crippen LogP contribution is -2.11. The second-order valence-electron chi connectivity index (χ2n) is 5.19. The number of H-pyrrole nitrogens is 1. The zero-order chi connectivity index (χ0) is 14.7. The van der Waals surface area contributed by atoms with Crippen LogP contribution in [-0.4, -0.2) is 23.3 Å². The van der Waals surface area contributed by atoms with Gasteiger partial charge in [0, 0.05) is 5.57 Å². The SMILES string of the molecule is COC(=O)C1=C(c2cc(-c3ccccc3)[nH]n2)CCCC1. The maximum atomic E-state index is 11.9. The predicted octanol–water partition coefficient (Wildman–Crippen LogP) is 3.58. The molecule has 1 aromatic carbocycles. The molecule has 2 aromatic rings. The van der Waals surface area contributed by atoms with Crippen molar-refractivity contribution in [1.29, 1.82) is 0 Å². The lowest BCUT2D eigenvalue weighted by atomic mass is 9.89. The molecule has 4 heteroatoms. The molecule has 0 aliphatic heterocycles. The van der Waals surface area contributed by atoms with Gasteiger partial charge in [-0.2, -0.15) is 5.10 Å². The van der Waals surface area contributed by atoms with Crippen molar-refractivity contribution in [3.05, 3.63) is 47.7 Å². The first kappa shape index (κ1) is 13.6. The summed E-state index contributed by atoms with van der Waals surface area (Å²) in [5, 5.41) is 7.45. The van der Waals surface area contributed by atoms with Crippen LogP contribution in [0.2, 0.25) is 0 Å². The van der Waals surface area contributed by atoms with Crippen LogP contribution in [0.1, 0.15) is 31.4 Å². The summed E-state index contributed by atoms with van der Waals surface area (Å²) in [7, 11) is 1.43. The summed E-state index contributed by atoms with van der Waals surface area (Å²) >= 11 is 0. The largest absolute Gasteiger partial charge is 0.466 e. The van der Waals surface area contributed by atoms with E-state index in [1.165, 1.54) is 7.11 Å². The number of hydrogen-bond acceptors (Lipinski definition) is 3. The average Bonchev–Trinajstić information content (AvgIpc) is 3.05. The molecular formula is C17H18N2O2. The standard InChI is InChI=1S/C17H18N2O2/c1-21-17(20)14-10-6-5-9-13(14)16-11-15(18-19-16)12-7-3-2-4-8-12/h2-4,7-8,11H,5-6,9-10H2,1H3,(H,18,19). The predicted molar refractivity (Wildman–Crippen MR) is 81.4 cm³/mol. The van der Waals surface area contributed by atoms with Crippen molar-refractivity contribution in [2.75, 3.05) is 7.11 Å². The normalized spacial score (nSPS) is 15.1. The summed E-state index contributed by atoms with van der Waals surface area (Å²) in [6, 6.07) is 12.1. The summed E-state index contributed by atoms with van der Waals surface area (Å²) in [5.74, 6) is -0.228. The highest BCUT2D eigenvalue weighted by atomic mass is 16.5. The molecule has 0 unspecified atom stereocenters. The zero-order valence-corrected chi connectivity index (χ0v) is 12.1. The van der Waals surface area contributed by atoms with Crippen molar-refractivity contribution in [2.45, 2.75) is 25.7 Å². The Morgan fingerprint density at radius 3 is 2.71 bits per heavy atom. The van der Waals surface area contributed by atoms with Gasteiger partial charge in [0.1, 0.15) is 0 Å². The molecule has 3 rings (SSSR count). The van der Waals surface area contributed by atoms with Gasteiger partial charge in [0.05, 0.1) is 18.5 Å². The highest BCUT2D eigenvalue weighted by Gasteiger charge is 2.22. The third-order valence-electron chi connectivity index (χ3n) is 3.87. The van der Waals surface area contributed by atoms with Gasteiger partial charge < -0.3 is 4.74 Å². The van der Waals surface area contributed by atoms with E-state index < -0.39 is 0 Å². The van der Waals surface area contributed by atoms with Crippen molar-refractivity contribution in [2.24, 2.45) is 0 Å². The third-order valence-corrected chi connectivity index (χ3v) is 3.87. The van der Waals surface area contributed by atoms with E-state index in [0.29, 0.717) is 0 Å². The Bertz CT molecular complexity index is 671. The van der Waals surface area contributed by atoms with Crippen LogP contribution in [0.3, 0.4) is 0 Å². The fraction of sp³-hybridized carbons (Fsp3) is 0.294. The van der Waals surface area contributed by atoms with Gasteiger partial charge in [0.25, 0.3) is 0 Å². The van der Waals surface area contributed by atoms with Gasteiger partial charge in [0.15, 0.2) is 0 Å². The lowest BCUT2D eigenvalue weighted by Gasteiger charge is -2.17. The molecule has 0 saturated heterocycles. The first-order chi connectivity index (χ1) is 10.3. The molecule has 0 radical (unpaired) electrons. The summed E-state index contributed by atoms with van der Waals surface area (Å²) in [6.07, 6.45) is 3.77. The molecule has 0 atom stereocenters. The van der Waals surface area contributed by atoms with E-state index in [4.69, 9.17) is 4.74 Å². The maximum Gasteiger partial charge on any atom is 0.334 e. The highest BCUT2D eigenvalue weighted by Crippen LogP contribution is 2.33. The van der Waals surface area contributed by atoms with Gasteiger partial charge in [-0.05, 0) is 42.9 Å². The molecule has 0 saturated carbocycles. The maximum absolute atomic E-state index is 11.9. The van der Waals surface area contributed by atoms with Crippen molar-refractivity contribution in [3.8, 4) is 11.3 Å². The topological polar surface area (TPSA) is 55.0 Å². The number of ether oxygens (including phenoxy) is 1. The summed E-state index contributed by atoms with van der Waals surface area (Å²) in [6.45, 7) is 0. The van der Waals surface area contributed by atoms with Crippen LogP contribution in [0.15, 0.2) is 42.0 Å². The molecule has 1 aliphatic carbocycles. The molecule has 0 amide bonds. The van der Waals surface area contributed by atoms with Crippen LogP contribution in [0.5, 0.6) is 0 Å². The van der Waals surface area contributed by atoms with E-state index in [2.05, 4.69) is 10.2 Å². The Kier molecular flexibility index (Phi) is 3.86. The highest BCUT2D eigenvalue weighted by molar-refractivity contribution is 5.97. The Labute approximate surface area is 123 Å². The van der Waals surface area contributed by atoms with Crippen LogP contribution in [0.25, 0.3) is 16.8 Å². The Hall–Kier alpha value is -2.36. The van der Waals surface area contributed by atoms with E-state index in [9.17, 15) is 4.79 Å². The van der Waals surface area contributed by atoms with E-state index in [1.54, 1.807) is 0 Å². The number of hydrogen-bond donors (Lipinski definition) is 1. The van der Waals surface area contributed by atoms with Crippen LogP contribution >= 0.6 is 0 Å². The van der Waals surface area contributed by atoms with Gasteiger partial charge in [-0.15, -0.1) is 0 Å². The molecule has 1 heterocycles. The number of benzene rings is 1. The first-order valence-corrected chi connectivity index (χ1v) is 7.21. The summed E-state index contributed by atoms with van der Waals surface area (Å²) < 4.78 is 4.90. The summed E-state index contributed by atoms with van der Waals surface area (Å²) in [4.78, 5) is 11.9.